The van der Waals surface area contributed by atoms with Crippen molar-refractivity contribution in [1.82, 2.24) is 0 Å². The lowest BCUT2D eigenvalue weighted by Gasteiger charge is -2.07. The quantitative estimate of drug-likeness (QED) is 0.658. The minimum atomic E-state index is 0.320. The van der Waals surface area contributed by atoms with Gasteiger partial charge < -0.3 is 0 Å². The second-order valence-corrected chi connectivity index (χ2v) is 5.31. The highest BCUT2D eigenvalue weighted by Crippen LogP contribution is 2.21. The fourth-order valence-electron chi connectivity index (χ4n) is 1.73. The topological polar surface area (TPSA) is 17.1 Å². The number of hydrogen-bond donors (Lipinski definition) is 0. The first-order valence-electron chi connectivity index (χ1n) is 5.79. The number of Topliss-reactive ketones (excluding diaryl/α,β-unsaturated/α-hetero) is 1. The van der Waals surface area contributed by atoms with Crippen LogP contribution in [0.4, 0.5) is 0 Å². The van der Waals surface area contributed by atoms with Crippen molar-refractivity contribution in [2.75, 3.05) is 0 Å². The molecule has 1 aromatic rings. The Morgan fingerprint density at radius 3 is 2.67 bits per heavy atom. The van der Waals surface area contributed by atoms with Crippen LogP contribution in [-0.4, -0.2) is 5.78 Å². The summed E-state index contributed by atoms with van der Waals surface area (Å²) in [6, 6.07) is 4.05. The van der Waals surface area contributed by atoms with E-state index in [0.717, 1.165) is 17.7 Å². The van der Waals surface area contributed by atoms with E-state index in [0.29, 0.717) is 18.1 Å². The van der Waals surface area contributed by atoms with E-state index >= 15 is 0 Å². The third kappa shape index (κ3) is 3.78. The summed E-state index contributed by atoms with van der Waals surface area (Å²) in [5, 5.41) is 0. The summed E-state index contributed by atoms with van der Waals surface area (Å²) >= 11 is 1.65. The zero-order valence-electron chi connectivity index (χ0n) is 9.88. The summed E-state index contributed by atoms with van der Waals surface area (Å²) in [6.45, 7) is 6.46. The Bertz CT molecular complexity index is 314. The second-order valence-electron chi connectivity index (χ2n) is 4.14. The predicted octanol–water partition coefficient (Wildman–Crippen LogP) is 4.32. The van der Waals surface area contributed by atoms with Crippen LogP contribution in [0.25, 0.3) is 0 Å². The summed E-state index contributed by atoms with van der Waals surface area (Å²) in [4.78, 5) is 14.1. The smallest absolute Gasteiger partial charge is 0.173 e. The van der Waals surface area contributed by atoms with E-state index in [9.17, 15) is 4.79 Å². The van der Waals surface area contributed by atoms with Gasteiger partial charge in [-0.15, -0.1) is 11.3 Å². The largest absolute Gasteiger partial charge is 0.293 e. The molecule has 1 atom stereocenters. The molecule has 0 aliphatic rings. The van der Waals surface area contributed by atoms with Crippen LogP contribution in [0.2, 0.25) is 0 Å². The highest BCUT2D eigenvalue weighted by atomic mass is 32.1. The Morgan fingerprint density at radius 1 is 1.40 bits per heavy atom. The van der Waals surface area contributed by atoms with Gasteiger partial charge in [0.1, 0.15) is 0 Å². The van der Waals surface area contributed by atoms with Crippen LogP contribution in [0.1, 0.15) is 54.6 Å². The Hall–Kier alpha value is -0.630. The van der Waals surface area contributed by atoms with Gasteiger partial charge in [-0.2, -0.15) is 0 Å². The monoisotopic (exact) mass is 224 g/mol. The van der Waals surface area contributed by atoms with E-state index in [2.05, 4.69) is 26.8 Å². The van der Waals surface area contributed by atoms with Crippen LogP contribution in [0, 0.1) is 5.92 Å². The van der Waals surface area contributed by atoms with E-state index in [1.807, 2.05) is 6.07 Å². The number of rotatable bonds is 6. The first kappa shape index (κ1) is 12.4. The first-order valence-corrected chi connectivity index (χ1v) is 6.60. The normalized spacial score (nSPS) is 12.7. The zero-order valence-corrected chi connectivity index (χ0v) is 10.7. The van der Waals surface area contributed by atoms with Gasteiger partial charge in [0, 0.05) is 11.3 Å². The maximum Gasteiger partial charge on any atom is 0.173 e. The van der Waals surface area contributed by atoms with Gasteiger partial charge in [0.05, 0.1) is 4.88 Å². The molecular formula is C13H20OS. The summed E-state index contributed by atoms with van der Waals surface area (Å²) in [5.41, 5.74) is 0. The summed E-state index contributed by atoms with van der Waals surface area (Å²) < 4.78 is 0. The van der Waals surface area contributed by atoms with Crippen molar-refractivity contribution in [3.05, 3.63) is 21.9 Å². The molecule has 2 heteroatoms. The number of carbonyl (C=O) groups excluding carboxylic acids is 1. The summed E-state index contributed by atoms with van der Waals surface area (Å²) in [5.74, 6) is 0.843. The molecule has 0 N–H and O–H groups in total. The minimum absolute atomic E-state index is 0.320. The Morgan fingerprint density at radius 2 is 2.13 bits per heavy atom. The molecule has 0 fully saturated rings. The van der Waals surface area contributed by atoms with E-state index in [4.69, 9.17) is 0 Å². The molecule has 1 heterocycles. The van der Waals surface area contributed by atoms with Crippen molar-refractivity contribution in [2.45, 2.75) is 46.5 Å². The predicted molar refractivity (Wildman–Crippen MR) is 66.7 cm³/mol. The van der Waals surface area contributed by atoms with Gasteiger partial charge in [0.25, 0.3) is 0 Å². The maximum atomic E-state index is 11.9. The third-order valence-corrected chi connectivity index (χ3v) is 3.87. The van der Waals surface area contributed by atoms with Gasteiger partial charge in [0.2, 0.25) is 0 Å². The van der Waals surface area contributed by atoms with Gasteiger partial charge in [-0.05, 0) is 24.5 Å². The number of hydrogen-bond acceptors (Lipinski definition) is 2. The van der Waals surface area contributed by atoms with Gasteiger partial charge in [-0.3, -0.25) is 4.79 Å². The van der Waals surface area contributed by atoms with Crippen molar-refractivity contribution in [3.63, 3.8) is 0 Å². The van der Waals surface area contributed by atoms with Crippen molar-refractivity contribution >= 4 is 17.1 Å². The molecular weight excluding hydrogens is 204 g/mol. The fraction of sp³-hybridized carbons (Fsp3) is 0.615. The average molecular weight is 224 g/mol. The molecule has 0 aromatic carbocycles. The van der Waals surface area contributed by atoms with Crippen LogP contribution in [0.15, 0.2) is 12.1 Å². The molecule has 0 aliphatic carbocycles. The lowest BCUT2D eigenvalue weighted by molar-refractivity contribution is 0.0966. The van der Waals surface area contributed by atoms with E-state index < -0.39 is 0 Å². The molecule has 0 saturated carbocycles. The van der Waals surface area contributed by atoms with E-state index in [1.165, 1.54) is 11.3 Å². The van der Waals surface area contributed by atoms with Gasteiger partial charge >= 0.3 is 0 Å². The van der Waals surface area contributed by atoms with Gasteiger partial charge in [-0.1, -0.05) is 33.6 Å². The first-order chi connectivity index (χ1) is 7.17. The molecule has 15 heavy (non-hydrogen) atoms. The number of thiophene rings is 1. The van der Waals surface area contributed by atoms with E-state index in [1.54, 1.807) is 11.3 Å². The highest BCUT2D eigenvalue weighted by molar-refractivity contribution is 7.14. The van der Waals surface area contributed by atoms with Crippen LogP contribution >= 0.6 is 11.3 Å². The molecule has 0 saturated heterocycles. The molecule has 0 spiro atoms. The average Bonchev–Trinajstić information content (AvgIpc) is 2.66. The molecule has 1 aromatic heterocycles. The maximum absolute atomic E-state index is 11.9. The molecule has 1 nitrogen and oxygen atoms in total. The molecule has 0 aliphatic heterocycles. The molecule has 1 unspecified atom stereocenters. The summed E-state index contributed by atoms with van der Waals surface area (Å²) in [6.07, 6.45) is 4.05. The van der Waals surface area contributed by atoms with Gasteiger partial charge in [-0.25, -0.2) is 0 Å². The van der Waals surface area contributed by atoms with Crippen LogP contribution in [-0.2, 0) is 6.42 Å². The van der Waals surface area contributed by atoms with E-state index in [-0.39, 0.29) is 0 Å². The van der Waals surface area contributed by atoms with Crippen molar-refractivity contribution in [1.29, 1.82) is 0 Å². The molecule has 0 bridgehead atoms. The minimum Gasteiger partial charge on any atom is -0.293 e. The number of ketones is 1. The second kappa shape index (κ2) is 6.06. The fourth-order valence-corrected chi connectivity index (χ4v) is 2.63. The van der Waals surface area contributed by atoms with Crippen molar-refractivity contribution < 1.29 is 4.79 Å². The number of carbonyl (C=O) groups is 1. The van der Waals surface area contributed by atoms with Gasteiger partial charge in [0.15, 0.2) is 5.78 Å². The summed E-state index contributed by atoms with van der Waals surface area (Å²) in [7, 11) is 0. The third-order valence-electron chi connectivity index (χ3n) is 2.60. The van der Waals surface area contributed by atoms with Crippen LogP contribution < -0.4 is 0 Å². The lowest BCUT2D eigenvalue weighted by atomic mass is 9.99. The Kier molecular flexibility index (Phi) is 5.03. The zero-order chi connectivity index (χ0) is 11.3. The molecule has 0 amide bonds. The SMILES string of the molecule is CCCC(C)CC(=O)c1ccc(CC)s1. The van der Waals surface area contributed by atoms with Crippen molar-refractivity contribution in [3.8, 4) is 0 Å². The van der Waals surface area contributed by atoms with Crippen molar-refractivity contribution in [2.24, 2.45) is 5.92 Å². The van der Waals surface area contributed by atoms with Crippen LogP contribution in [0.5, 0.6) is 0 Å². The highest BCUT2D eigenvalue weighted by Gasteiger charge is 2.12. The molecule has 0 radical (unpaired) electrons. The Labute approximate surface area is 96.5 Å². The molecule has 84 valence electrons. The number of aryl methyl sites for hydroxylation is 1. The lowest BCUT2D eigenvalue weighted by Crippen LogP contribution is -2.04. The van der Waals surface area contributed by atoms with Crippen LogP contribution in [0.3, 0.4) is 0 Å². The standard InChI is InChI=1S/C13H20OS/c1-4-6-10(3)9-12(14)13-8-7-11(5-2)15-13/h7-8,10H,4-6,9H2,1-3H3. The molecule has 1 rings (SSSR count). The Balaban J connectivity index is 2.53.